The van der Waals surface area contributed by atoms with Crippen molar-refractivity contribution >= 4 is 12.1 Å². The van der Waals surface area contributed by atoms with Crippen molar-refractivity contribution in [2.45, 2.75) is 110 Å². The van der Waals surface area contributed by atoms with Crippen LogP contribution in [-0.2, 0) is 4.74 Å². The van der Waals surface area contributed by atoms with Gasteiger partial charge in [0.25, 0.3) is 0 Å². The minimum absolute atomic E-state index is 0.129. The summed E-state index contributed by atoms with van der Waals surface area (Å²) in [7, 11) is 0. The standard InChI is InChI=1S/C22H42N4O3/c1-6-23-19(24-15-22(5)14-8-7-9-18(22)27)25-16-10-12-17(13-11-16)26-20(28)29-21(2,3)4/h16-18,27H,6-15H2,1-5H3,(H,26,28)(H2,23,24,25). The summed E-state index contributed by atoms with van der Waals surface area (Å²) >= 11 is 0. The highest BCUT2D eigenvalue weighted by Gasteiger charge is 2.35. The minimum Gasteiger partial charge on any atom is -0.444 e. The van der Waals surface area contributed by atoms with E-state index in [0.29, 0.717) is 12.6 Å². The summed E-state index contributed by atoms with van der Waals surface area (Å²) in [6.07, 6.45) is 7.39. The zero-order valence-electron chi connectivity index (χ0n) is 19.0. The number of carbonyl (C=O) groups excluding carboxylic acids is 1. The van der Waals surface area contributed by atoms with Gasteiger partial charge >= 0.3 is 6.09 Å². The molecule has 2 aliphatic rings. The fraction of sp³-hybridized carbons (Fsp3) is 0.909. The molecule has 29 heavy (non-hydrogen) atoms. The molecule has 2 atom stereocenters. The second-order valence-electron chi connectivity index (χ2n) is 9.95. The Kier molecular flexibility index (Phi) is 8.61. The lowest BCUT2D eigenvalue weighted by Crippen LogP contribution is -2.48. The molecule has 4 N–H and O–H groups in total. The molecule has 0 aromatic rings. The second-order valence-corrected chi connectivity index (χ2v) is 9.95. The number of carbonyl (C=O) groups is 1. The van der Waals surface area contributed by atoms with Crippen LogP contribution in [0.4, 0.5) is 4.79 Å². The number of ether oxygens (including phenoxy) is 1. The molecule has 0 radical (unpaired) electrons. The maximum Gasteiger partial charge on any atom is 0.407 e. The Morgan fingerprint density at radius 1 is 1.10 bits per heavy atom. The fourth-order valence-electron chi connectivity index (χ4n) is 4.20. The quantitative estimate of drug-likeness (QED) is 0.412. The number of nitrogens with one attached hydrogen (secondary N) is 3. The molecule has 0 spiro atoms. The summed E-state index contributed by atoms with van der Waals surface area (Å²) < 4.78 is 5.36. The van der Waals surface area contributed by atoms with Crippen LogP contribution in [0, 0.1) is 5.41 Å². The molecule has 7 nitrogen and oxygen atoms in total. The number of hydrogen-bond donors (Lipinski definition) is 4. The first-order chi connectivity index (χ1) is 13.6. The molecule has 7 heteroatoms. The number of aliphatic hydroxyl groups excluding tert-OH is 1. The summed E-state index contributed by atoms with van der Waals surface area (Å²) in [5.74, 6) is 0.829. The van der Waals surface area contributed by atoms with Crippen molar-refractivity contribution in [2.75, 3.05) is 13.1 Å². The predicted molar refractivity (Wildman–Crippen MR) is 117 cm³/mol. The summed E-state index contributed by atoms with van der Waals surface area (Å²) in [4.78, 5) is 16.8. The molecule has 0 saturated heterocycles. The molecule has 0 aromatic carbocycles. The van der Waals surface area contributed by atoms with Crippen molar-refractivity contribution in [3.63, 3.8) is 0 Å². The fourth-order valence-corrected chi connectivity index (χ4v) is 4.20. The molecule has 0 aliphatic heterocycles. The highest BCUT2D eigenvalue weighted by atomic mass is 16.6. The van der Waals surface area contributed by atoms with Crippen LogP contribution in [0.25, 0.3) is 0 Å². The number of guanidine groups is 1. The topological polar surface area (TPSA) is 95.0 Å². The Hall–Kier alpha value is -1.50. The number of rotatable bonds is 5. The zero-order chi connectivity index (χ0) is 21.5. The van der Waals surface area contributed by atoms with E-state index >= 15 is 0 Å². The van der Waals surface area contributed by atoms with E-state index in [0.717, 1.165) is 57.5 Å². The molecule has 2 unspecified atom stereocenters. The van der Waals surface area contributed by atoms with Crippen LogP contribution >= 0.6 is 0 Å². The van der Waals surface area contributed by atoms with E-state index in [2.05, 4.69) is 29.8 Å². The van der Waals surface area contributed by atoms with Gasteiger partial charge in [-0.25, -0.2) is 4.79 Å². The molecule has 0 bridgehead atoms. The first-order valence-electron chi connectivity index (χ1n) is 11.3. The minimum atomic E-state index is -0.470. The number of nitrogens with zero attached hydrogens (tertiary/aromatic N) is 1. The summed E-state index contributed by atoms with van der Waals surface area (Å²) in [5.41, 5.74) is -0.599. The maximum atomic E-state index is 12.0. The molecule has 2 rings (SSSR count). The van der Waals surface area contributed by atoms with Gasteiger partial charge in [-0.3, -0.25) is 4.99 Å². The van der Waals surface area contributed by atoms with Crippen LogP contribution in [0.1, 0.15) is 86.0 Å². The molecule has 2 aliphatic carbocycles. The van der Waals surface area contributed by atoms with Crippen LogP contribution < -0.4 is 16.0 Å². The number of amides is 1. The van der Waals surface area contributed by atoms with Crippen molar-refractivity contribution < 1.29 is 14.6 Å². The first-order valence-corrected chi connectivity index (χ1v) is 11.3. The van der Waals surface area contributed by atoms with Crippen molar-refractivity contribution in [2.24, 2.45) is 10.4 Å². The summed E-state index contributed by atoms with van der Waals surface area (Å²) in [5, 5.41) is 20.3. The normalized spacial score (nSPS) is 31.1. The van der Waals surface area contributed by atoms with Gasteiger partial charge < -0.3 is 25.8 Å². The van der Waals surface area contributed by atoms with Crippen LogP contribution in [0.5, 0.6) is 0 Å². The van der Waals surface area contributed by atoms with E-state index in [9.17, 15) is 9.90 Å². The molecule has 1 amide bonds. The highest BCUT2D eigenvalue weighted by molar-refractivity contribution is 5.80. The van der Waals surface area contributed by atoms with Crippen LogP contribution in [0.15, 0.2) is 4.99 Å². The maximum absolute atomic E-state index is 12.0. The average molecular weight is 411 g/mol. The van der Waals surface area contributed by atoms with Gasteiger partial charge in [0, 0.05) is 24.0 Å². The summed E-state index contributed by atoms with van der Waals surface area (Å²) in [6, 6.07) is 0.507. The number of hydrogen-bond acceptors (Lipinski definition) is 4. The van der Waals surface area contributed by atoms with Crippen LogP contribution in [0.2, 0.25) is 0 Å². The molecular weight excluding hydrogens is 368 g/mol. The van der Waals surface area contributed by atoms with Crippen LogP contribution in [0.3, 0.4) is 0 Å². The van der Waals surface area contributed by atoms with E-state index in [-0.39, 0.29) is 23.7 Å². The number of aliphatic imine (C=N–C) groups is 1. The van der Waals surface area contributed by atoms with Gasteiger partial charge in [0.1, 0.15) is 5.60 Å². The van der Waals surface area contributed by atoms with Crippen molar-refractivity contribution in [1.29, 1.82) is 0 Å². The smallest absolute Gasteiger partial charge is 0.407 e. The van der Waals surface area contributed by atoms with E-state index in [4.69, 9.17) is 9.73 Å². The Morgan fingerprint density at radius 2 is 1.72 bits per heavy atom. The van der Waals surface area contributed by atoms with Gasteiger partial charge in [0.2, 0.25) is 0 Å². The third-order valence-corrected chi connectivity index (χ3v) is 6.01. The lowest BCUT2D eigenvalue weighted by atomic mass is 9.73. The van der Waals surface area contributed by atoms with Gasteiger partial charge in [-0.1, -0.05) is 19.8 Å². The van der Waals surface area contributed by atoms with Gasteiger partial charge in [-0.15, -0.1) is 0 Å². The molecule has 0 heterocycles. The number of aliphatic hydroxyl groups is 1. The third kappa shape index (κ3) is 8.03. The Labute approximate surface area is 176 Å². The van der Waals surface area contributed by atoms with Crippen LogP contribution in [-0.4, -0.2) is 54.0 Å². The predicted octanol–water partition coefficient (Wildman–Crippen LogP) is 3.32. The molecule has 2 saturated carbocycles. The summed E-state index contributed by atoms with van der Waals surface area (Å²) in [6.45, 7) is 11.3. The molecule has 2 fully saturated rings. The van der Waals surface area contributed by atoms with E-state index in [1.807, 2.05) is 20.8 Å². The molecule has 0 aromatic heterocycles. The Morgan fingerprint density at radius 3 is 2.28 bits per heavy atom. The third-order valence-electron chi connectivity index (χ3n) is 6.01. The zero-order valence-corrected chi connectivity index (χ0v) is 19.0. The lowest BCUT2D eigenvalue weighted by Gasteiger charge is -2.37. The van der Waals surface area contributed by atoms with Crippen molar-refractivity contribution in [1.82, 2.24) is 16.0 Å². The van der Waals surface area contributed by atoms with E-state index < -0.39 is 5.60 Å². The Bertz CT molecular complexity index is 553. The Balaban J connectivity index is 1.82. The van der Waals surface area contributed by atoms with Crippen molar-refractivity contribution in [3.05, 3.63) is 0 Å². The second kappa shape index (κ2) is 10.5. The van der Waals surface area contributed by atoms with Gasteiger partial charge in [0.05, 0.1) is 12.6 Å². The first kappa shape index (κ1) is 23.8. The van der Waals surface area contributed by atoms with Crippen molar-refractivity contribution in [3.8, 4) is 0 Å². The van der Waals surface area contributed by atoms with Gasteiger partial charge in [-0.05, 0) is 66.2 Å². The largest absolute Gasteiger partial charge is 0.444 e. The highest BCUT2D eigenvalue weighted by Crippen LogP contribution is 2.36. The monoisotopic (exact) mass is 410 g/mol. The van der Waals surface area contributed by atoms with Gasteiger partial charge in [0.15, 0.2) is 5.96 Å². The van der Waals surface area contributed by atoms with Gasteiger partial charge in [-0.2, -0.15) is 0 Å². The SMILES string of the molecule is CCNC(=NCC1(C)CCCCC1O)NC1CCC(NC(=O)OC(C)(C)C)CC1. The van der Waals surface area contributed by atoms with E-state index in [1.165, 1.54) is 6.42 Å². The molecular formula is C22H42N4O3. The molecule has 168 valence electrons. The average Bonchev–Trinajstić information content (AvgIpc) is 2.63. The number of alkyl carbamates (subject to hydrolysis) is 1. The van der Waals surface area contributed by atoms with E-state index in [1.54, 1.807) is 0 Å². The lowest BCUT2D eigenvalue weighted by molar-refractivity contribution is 0.00714.